The Labute approximate surface area is 167 Å². The zero-order valence-electron chi connectivity index (χ0n) is 18.3. The van der Waals surface area contributed by atoms with E-state index in [-0.39, 0.29) is 11.1 Å². The van der Waals surface area contributed by atoms with E-state index in [1.807, 2.05) is 6.92 Å². The number of nitrogens with one attached hydrogen (secondary N) is 1. The van der Waals surface area contributed by atoms with Gasteiger partial charge in [0.15, 0.2) is 6.61 Å². The van der Waals surface area contributed by atoms with E-state index in [0.29, 0.717) is 6.54 Å². The molecule has 0 fully saturated rings. The monoisotopic (exact) mass is 408 g/mol. The van der Waals surface area contributed by atoms with Crippen molar-refractivity contribution in [1.82, 2.24) is 9.88 Å². The minimum absolute atomic E-state index is 0.177. The average molecular weight is 409 g/mol. The van der Waals surface area contributed by atoms with Crippen molar-refractivity contribution in [3.63, 3.8) is 0 Å². The van der Waals surface area contributed by atoms with Gasteiger partial charge in [-0.3, -0.25) is 0 Å². The number of carbonyl (C=O) groups excluding carboxylic acids is 1. The van der Waals surface area contributed by atoms with E-state index in [1.54, 1.807) is 0 Å². The molecule has 1 aromatic rings. The second-order valence-corrected chi connectivity index (χ2v) is 8.75. The number of alkyl carbamates (subject to hydrolysis) is 1. The number of carbonyl (C=O) groups is 1. The second-order valence-electron chi connectivity index (χ2n) is 8.75. The standard InChI is InChI=1S/C11H21N2.C9H16F3NO2/c1-10(2,3)12-7-8-13(9-12)11(4,5)6;1-2-3-4-5-6-13-8(14)15-7-9(10,11)12/h7-9H,1-6H3;2-7H2,1H3,(H,13,14)/q+1;. The lowest BCUT2D eigenvalue weighted by molar-refractivity contribution is -0.753. The Bertz CT molecular complexity index is 542. The van der Waals surface area contributed by atoms with Crippen molar-refractivity contribution in [2.45, 2.75) is 91.4 Å². The topological polar surface area (TPSA) is 47.1 Å². The molecule has 1 N–H and O–H groups in total. The molecule has 0 spiro atoms. The van der Waals surface area contributed by atoms with Crippen LogP contribution in [0.5, 0.6) is 0 Å². The molecule has 0 unspecified atom stereocenters. The predicted molar refractivity (Wildman–Crippen MR) is 104 cm³/mol. The van der Waals surface area contributed by atoms with Crippen molar-refractivity contribution in [2.75, 3.05) is 13.2 Å². The molecule has 28 heavy (non-hydrogen) atoms. The van der Waals surface area contributed by atoms with Gasteiger partial charge in [-0.25, -0.2) is 13.9 Å². The summed E-state index contributed by atoms with van der Waals surface area (Å²) in [6, 6.07) is 0. The van der Waals surface area contributed by atoms with E-state index in [0.717, 1.165) is 25.7 Å². The largest absolute Gasteiger partial charge is 0.440 e. The van der Waals surface area contributed by atoms with Crippen molar-refractivity contribution in [1.29, 1.82) is 0 Å². The van der Waals surface area contributed by atoms with Gasteiger partial charge in [-0.05, 0) is 48.0 Å². The van der Waals surface area contributed by atoms with Gasteiger partial charge in [-0.2, -0.15) is 13.2 Å². The first-order valence-corrected chi connectivity index (χ1v) is 9.74. The molecule has 0 bridgehead atoms. The molecule has 164 valence electrons. The van der Waals surface area contributed by atoms with Crippen molar-refractivity contribution in [3.8, 4) is 0 Å². The summed E-state index contributed by atoms with van der Waals surface area (Å²) >= 11 is 0. The second kappa shape index (κ2) is 11.3. The third-order valence-corrected chi connectivity index (χ3v) is 3.85. The molecule has 0 aliphatic carbocycles. The van der Waals surface area contributed by atoms with Crippen LogP contribution >= 0.6 is 0 Å². The molecule has 0 aromatic carbocycles. The Balaban J connectivity index is 0.000000525. The Kier molecular flexibility index (Phi) is 10.6. The highest BCUT2D eigenvalue weighted by Gasteiger charge is 2.29. The highest BCUT2D eigenvalue weighted by atomic mass is 19.4. The lowest BCUT2D eigenvalue weighted by Crippen LogP contribution is -2.48. The quantitative estimate of drug-likeness (QED) is 0.523. The zero-order chi connectivity index (χ0) is 22.0. The van der Waals surface area contributed by atoms with Crippen LogP contribution in [0, 0.1) is 0 Å². The fourth-order valence-electron chi connectivity index (χ4n) is 2.09. The van der Waals surface area contributed by atoms with E-state index in [2.05, 4.69) is 79.5 Å². The number of hydrogen-bond donors (Lipinski definition) is 1. The summed E-state index contributed by atoms with van der Waals surface area (Å²) in [7, 11) is 0. The molecule has 5 nitrogen and oxygen atoms in total. The van der Waals surface area contributed by atoms with Crippen LogP contribution in [0.1, 0.15) is 74.1 Å². The van der Waals surface area contributed by atoms with Gasteiger partial charge in [-0.15, -0.1) is 0 Å². The molecule has 1 amide bonds. The van der Waals surface area contributed by atoms with E-state index >= 15 is 0 Å². The van der Waals surface area contributed by atoms with Gasteiger partial charge in [0.1, 0.15) is 23.5 Å². The van der Waals surface area contributed by atoms with Crippen LogP contribution in [0.15, 0.2) is 18.7 Å². The minimum atomic E-state index is -4.46. The molecule has 0 aliphatic rings. The Morgan fingerprint density at radius 1 is 1.07 bits per heavy atom. The van der Waals surface area contributed by atoms with Gasteiger partial charge in [-0.1, -0.05) is 26.2 Å². The maximum atomic E-state index is 11.6. The molecule has 1 heterocycles. The lowest BCUT2D eigenvalue weighted by atomic mass is 10.1. The van der Waals surface area contributed by atoms with Crippen LogP contribution in [0.4, 0.5) is 18.0 Å². The molecule has 0 saturated carbocycles. The number of halogens is 3. The van der Waals surface area contributed by atoms with Crippen molar-refractivity contribution >= 4 is 6.09 Å². The summed E-state index contributed by atoms with van der Waals surface area (Å²) in [4.78, 5) is 10.7. The van der Waals surface area contributed by atoms with Gasteiger partial charge in [0.05, 0.1) is 0 Å². The average Bonchev–Trinajstić information content (AvgIpc) is 3.03. The lowest BCUT2D eigenvalue weighted by Gasteiger charge is -2.16. The Morgan fingerprint density at radius 3 is 2.07 bits per heavy atom. The summed E-state index contributed by atoms with van der Waals surface area (Å²) < 4.78 is 43.2. The van der Waals surface area contributed by atoms with E-state index in [1.165, 1.54) is 0 Å². The van der Waals surface area contributed by atoms with Crippen LogP contribution in [0.2, 0.25) is 0 Å². The number of aromatic nitrogens is 2. The van der Waals surface area contributed by atoms with Crippen LogP contribution in [-0.2, 0) is 15.8 Å². The van der Waals surface area contributed by atoms with Gasteiger partial charge in [0.25, 0.3) is 0 Å². The predicted octanol–water partition coefficient (Wildman–Crippen LogP) is 5.14. The van der Waals surface area contributed by atoms with Gasteiger partial charge in [0.2, 0.25) is 6.33 Å². The zero-order valence-corrected chi connectivity index (χ0v) is 18.3. The molecule has 0 saturated heterocycles. The molecular formula is C20H37F3N3O2+. The summed E-state index contributed by atoms with van der Waals surface area (Å²) in [6.07, 6.45) is 4.79. The van der Waals surface area contributed by atoms with Crippen molar-refractivity contribution in [3.05, 3.63) is 18.7 Å². The van der Waals surface area contributed by atoms with Crippen molar-refractivity contribution in [2.24, 2.45) is 0 Å². The smallest absolute Gasteiger partial charge is 0.422 e. The van der Waals surface area contributed by atoms with E-state index in [4.69, 9.17) is 0 Å². The Hall–Kier alpha value is -1.73. The molecule has 8 heteroatoms. The molecule has 0 aliphatic heterocycles. The number of alkyl halides is 3. The molecular weight excluding hydrogens is 371 g/mol. The minimum Gasteiger partial charge on any atom is -0.440 e. The van der Waals surface area contributed by atoms with Crippen LogP contribution in [-0.4, -0.2) is 30.0 Å². The highest BCUT2D eigenvalue weighted by Crippen LogP contribution is 2.14. The fraction of sp³-hybridized carbons (Fsp3) is 0.800. The first-order valence-electron chi connectivity index (χ1n) is 9.74. The molecule has 1 aromatic heterocycles. The number of nitrogens with zero attached hydrogens (tertiary/aromatic N) is 2. The fourth-order valence-corrected chi connectivity index (χ4v) is 2.09. The maximum Gasteiger partial charge on any atom is 0.422 e. The third kappa shape index (κ3) is 12.6. The van der Waals surface area contributed by atoms with E-state index in [9.17, 15) is 18.0 Å². The van der Waals surface area contributed by atoms with Crippen LogP contribution < -0.4 is 9.88 Å². The summed E-state index contributed by atoms with van der Waals surface area (Å²) in [5.41, 5.74) is 0.354. The third-order valence-electron chi connectivity index (χ3n) is 3.85. The summed E-state index contributed by atoms with van der Waals surface area (Å²) in [5, 5.41) is 2.25. The van der Waals surface area contributed by atoms with Crippen LogP contribution in [0.25, 0.3) is 0 Å². The normalized spacial score (nSPS) is 12.2. The van der Waals surface area contributed by atoms with Gasteiger partial charge < -0.3 is 10.1 Å². The first kappa shape index (κ1) is 26.3. The van der Waals surface area contributed by atoms with E-state index < -0.39 is 18.9 Å². The first-order chi connectivity index (χ1) is 12.7. The number of ether oxygens (including phenoxy) is 1. The van der Waals surface area contributed by atoms with Gasteiger partial charge >= 0.3 is 12.3 Å². The van der Waals surface area contributed by atoms with Crippen molar-refractivity contribution < 1.29 is 27.3 Å². The summed E-state index contributed by atoms with van der Waals surface area (Å²) in [5.74, 6) is 0. The molecule has 0 atom stereocenters. The van der Waals surface area contributed by atoms with Gasteiger partial charge in [0, 0.05) is 6.54 Å². The number of hydrogen-bond acceptors (Lipinski definition) is 2. The number of unbranched alkanes of at least 4 members (excludes halogenated alkanes) is 3. The maximum absolute atomic E-state index is 11.6. The highest BCUT2D eigenvalue weighted by molar-refractivity contribution is 5.67. The SMILES string of the molecule is CC(C)(C)n1cc[n+](C(C)(C)C)c1.CCCCCCNC(=O)OCC(F)(F)F. The van der Waals surface area contributed by atoms with Crippen LogP contribution in [0.3, 0.4) is 0 Å². The number of amides is 1. The number of imidazole rings is 1. The molecule has 0 radical (unpaired) electrons. The summed E-state index contributed by atoms with van der Waals surface area (Å²) in [6.45, 7) is 14.1. The number of rotatable bonds is 6. The molecule has 1 rings (SSSR count). The Morgan fingerprint density at radius 2 is 1.68 bits per heavy atom.